The first-order valence-electron chi connectivity index (χ1n) is 5.30. The second-order valence-corrected chi connectivity index (χ2v) is 3.68. The molecule has 0 unspecified atom stereocenters. The van der Waals surface area contributed by atoms with Crippen molar-refractivity contribution in [3.63, 3.8) is 0 Å². The van der Waals surface area contributed by atoms with Crippen molar-refractivity contribution in [2.75, 3.05) is 20.8 Å². The van der Waals surface area contributed by atoms with Crippen LogP contribution in [-0.2, 0) is 16.0 Å². The summed E-state index contributed by atoms with van der Waals surface area (Å²) in [4.78, 5) is 0. The van der Waals surface area contributed by atoms with Gasteiger partial charge in [-0.1, -0.05) is 6.07 Å². The van der Waals surface area contributed by atoms with Crippen molar-refractivity contribution in [1.82, 2.24) is 5.32 Å². The number of benzene rings is 1. The summed E-state index contributed by atoms with van der Waals surface area (Å²) in [7, 11) is 3.08. The van der Waals surface area contributed by atoms with Crippen LogP contribution in [0.4, 0.5) is 8.78 Å². The van der Waals surface area contributed by atoms with E-state index in [1.807, 2.05) is 0 Å². The summed E-state index contributed by atoms with van der Waals surface area (Å²) in [5.74, 6) is -1.61. The van der Waals surface area contributed by atoms with Gasteiger partial charge in [0.1, 0.15) is 0 Å². The SMILES string of the molecule is COC(CNCc1ccc(F)c(F)c1C)OC. The molecule has 0 amide bonds. The van der Waals surface area contributed by atoms with E-state index in [0.717, 1.165) is 11.6 Å². The van der Waals surface area contributed by atoms with Gasteiger partial charge in [0, 0.05) is 27.3 Å². The van der Waals surface area contributed by atoms with Gasteiger partial charge in [-0.15, -0.1) is 0 Å². The first kappa shape index (κ1) is 14.0. The van der Waals surface area contributed by atoms with Gasteiger partial charge in [0.15, 0.2) is 17.9 Å². The van der Waals surface area contributed by atoms with Crippen molar-refractivity contribution in [3.05, 3.63) is 34.9 Å². The average molecular weight is 245 g/mol. The molecule has 96 valence electrons. The molecule has 0 aliphatic heterocycles. The Hall–Kier alpha value is -1.04. The van der Waals surface area contributed by atoms with E-state index < -0.39 is 11.6 Å². The van der Waals surface area contributed by atoms with Gasteiger partial charge >= 0.3 is 0 Å². The summed E-state index contributed by atoms with van der Waals surface area (Å²) in [6, 6.07) is 2.69. The zero-order valence-electron chi connectivity index (χ0n) is 10.2. The van der Waals surface area contributed by atoms with Gasteiger partial charge in [0.25, 0.3) is 0 Å². The molecule has 0 aromatic heterocycles. The summed E-state index contributed by atoms with van der Waals surface area (Å²) in [6.45, 7) is 2.47. The fourth-order valence-corrected chi connectivity index (χ4v) is 1.47. The molecule has 3 nitrogen and oxygen atoms in total. The Morgan fingerprint density at radius 3 is 2.47 bits per heavy atom. The minimum Gasteiger partial charge on any atom is -0.355 e. The Morgan fingerprint density at radius 1 is 1.24 bits per heavy atom. The predicted octanol–water partition coefficient (Wildman–Crippen LogP) is 1.98. The second-order valence-electron chi connectivity index (χ2n) is 3.68. The maximum absolute atomic E-state index is 13.3. The summed E-state index contributed by atoms with van der Waals surface area (Å²) in [6.07, 6.45) is -0.347. The smallest absolute Gasteiger partial charge is 0.169 e. The zero-order valence-corrected chi connectivity index (χ0v) is 10.2. The maximum atomic E-state index is 13.3. The third kappa shape index (κ3) is 3.73. The van der Waals surface area contributed by atoms with Crippen LogP contribution in [-0.4, -0.2) is 27.1 Å². The highest BCUT2D eigenvalue weighted by atomic mass is 19.2. The summed E-state index contributed by atoms with van der Waals surface area (Å²) in [5, 5.41) is 3.05. The van der Waals surface area contributed by atoms with E-state index in [2.05, 4.69) is 5.32 Å². The molecule has 17 heavy (non-hydrogen) atoms. The molecule has 0 aliphatic carbocycles. The predicted molar refractivity (Wildman–Crippen MR) is 60.6 cm³/mol. The second kappa shape index (κ2) is 6.64. The van der Waals surface area contributed by atoms with Crippen LogP contribution >= 0.6 is 0 Å². The molecule has 0 saturated carbocycles. The number of hydrogen-bond donors (Lipinski definition) is 1. The molecule has 0 heterocycles. The Kier molecular flexibility index (Phi) is 5.47. The lowest BCUT2D eigenvalue weighted by Crippen LogP contribution is -2.29. The molecule has 5 heteroatoms. The molecule has 0 saturated heterocycles. The Labute approximate surface area is 99.7 Å². The topological polar surface area (TPSA) is 30.5 Å². The lowest BCUT2D eigenvalue weighted by molar-refractivity contribution is -0.0989. The molecule has 0 atom stereocenters. The van der Waals surface area contributed by atoms with E-state index in [1.165, 1.54) is 0 Å². The Bertz CT molecular complexity index is 368. The van der Waals surface area contributed by atoms with Gasteiger partial charge in [-0.2, -0.15) is 0 Å². The monoisotopic (exact) mass is 245 g/mol. The molecule has 1 aromatic carbocycles. The van der Waals surface area contributed by atoms with Crippen molar-refractivity contribution in [1.29, 1.82) is 0 Å². The van der Waals surface area contributed by atoms with Gasteiger partial charge in [0.05, 0.1) is 0 Å². The van der Waals surface area contributed by atoms with Gasteiger partial charge < -0.3 is 14.8 Å². The zero-order chi connectivity index (χ0) is 12.8. The lowest BCUT2D eigenvalue weighted by Gasteiger charge is -2.15. The molecule has 1 N–H and O–H groups in total. The van der Waals surface area contributed by atoms with Crippen LogP contribution in [0.1, 0.15) is 11.1 Å². The van der Waals surface area contributed by atoms with Crippen LogP contribution in [0.25, 0.3) is 0 Å². The third-order valence-corrected chi connectivity index (χ3v) is 2.60. The number of rotatable bonds is 6. The van der Waals surface area contributed by atoms with Crippen molar-refractivity contribution in [3.8, 4) is 0 Å². The van der Waals surface area contributed by atoms with E-state index in [1.54, 1.807) is 27.2 Å². The van der Waals surface area contributed by atoms with Crippen LogP contribution in [0.2, 0.25) is 0 Å². The van der Waals surface area contributed by atoms with E-state index in [9.17, 15) is 8.78 Å². The van der Waals surface area contributed by atoms with E-state index in [4.69, 9.17) is 9.47 Å². The highest BCUT2D eigenvalue weighted by molar-refractivity contribution is 5.28. The van der Waals surface area contributed by atoms with Crippen molar-refractivity contribution >= 4 is 0 Å². The first-order valence-corrected chi connectivity index (χ1v) is 5.30. The quantitative estimate of drug-likeness (QED) is 0.777. The van der Waals surface area contributed by atoms with Crippen molar-refractivity contribution in [2.45, 2.75) is 19.8 Å². The number of nitrogens with one attached hydrogen (secondary N) is 1. The normalized spacial score (nSPS) is 11.2. The molecule has 0 aliphatic rings. The number of methoxy groups -OCH3 is 2. The molecule has 1 rings (SSSR count). The van der Waals surface area contributed by atoms with Gasteiger partial charge in [-0.05, 0) is 24.1 Å². The minimum atomic E-state index is -0.821. The van der Waals surface area contributed by atoms with Gasteiger partial charge in [-0.25, -0.2) is 8.78 Å². The number of halogens is 2. The highest BCUT2D eigenvalue weighted by Gasteiger charge is 2.10. The van der Waals surface area contributed by atoms with Crippen LogP contribution in [0.5, 0.6) is 0 Å². The summed E-state index contributed by atoms with van der Waals surface area (Å²) in [5.41, 5.74) is 1.04. The minimum absolute atomic E-state index is 0.323. The van der Waals surface area contributed by atoms with E-state index in [0.29, 0.717) is 18.7 Å². The standard InChI is InChI=1S/C12H17F2NO2/c1-8-9(4-5-10(13)12(8)14)6-15-7-11(16-2)17-3/h4-5,11,15H,6-7H2,1-3H3. The molecule has 0 radical (unpaired) electrons. The number of hydrogen-bond acceptors (Lipinski definition) is 3. The summed E-state index contributed by atoms with van der Waals surface area (Å²) >= 11 is 0. The molecule has 1 aromatic rings. The maximum Gasteiger partial charge on any atom is 0.169 e. The lowest BCUT2D eigenvalue weighted by atomic mass is 10.1. The third-order valence-electron chi connectivity index (χ3n) is 2.60. The van der Waals surface area contributed by atoms with Crippen molar-refractivity contribution < 1.29 is 18.3 Å². The molecule has 0 bridgehead atoms. The fourth-order valence-electron chi connectivity index (χ4n) is 1.47. The van der Waals surface area contributed by atoms with E-state index >= 15 is 0 Å². The average Bonchev–Trinajstić information content (AvgIpc) is 2.34. The van der Waals surface area contributed by atoms with Crippen LogP contribution in [0, 0.1) is 18.6 Å². The van der Waals surface area contributed by atoms with E-state index in [-0.39, 0.29) is 6.29 Å². The Balaban J connectivity index is 2.55. The molecule has 0 fully saturated rings. The molecule has 0 spiro atoms. The van der Waals surface area contributed by atoms with Crippen LogP contribution < -0.4 is 5.32 Å². The first-order chi connectivity index (χ1) is 8.10. The van der Waals surface area contributed by atoms with Crippen LogP contribution in [0.15, 0.2) is 12.1 Å². The van der Waals surface area contributed by atoms with Gasteiger partial charge in [0.2, 0.25) is 0 Å². The molecular formula is C12H17F2NO2. The Morgan fingerprint density at radius 2 is 1.88 bits per heavy atom. The van der Waals surface area contributed by atoms with Gasteiger partial charge in [-0.3, -0.25) is 0 Å². The highest BCUT2D eigenvalue weighted by Crippen LogP contribution is 2.15. The largest absolute Gasteiger partial charge is 0.355 e. The fraction of sp³-hybridized carbons (Fsp3) is 0.500. The number of ether oxygens (including phenoxy) is 2. The molecular weight excluding hydrogens is 228 g/mol. The van der Waals surface area contributed by atoms with Crippen LogP contribution in [0.3, 0.4) is 0 Å². The summed E-state index contributed by atoms with van der Waals surface area (Å²) < 4.78 is 36.1. The van der Waals surface area contributed by atoms with Crippen molar-refractivity contribution in [2.24, 2.45) is 0 Å².